The van der Waals surface area contributed by atoms with Crippen LogP contribution in [0.1, 0.15) is 98.3 Å². The molecule has 0 aromatic carbocycles. The minimum absolute atomic E-state index is 0.0536. The van der Waals surface area contributed by atoms with E-state index in [2.05, 4.69) is 33.4 Å². The number of hydrogen-bond donors (Lipinski definition) is 1. The predicted octanol–water partition coefficient (Wildman–Crippen LogP) is 6.67. The summed E-state index contributed by atoms with van der Waals surface area (Å²) in [7, 11) is 1.49. The largest absolute Gasteiger partial charge is 0.469 e. The lowest BCUT2D eigenvalue weighted by molar-refractivity contribution is -0.142. The van der Waals surface area contributed by atoms with Crippen LogP contribution in [0, 0.1) is 45.3 Å². The first kappa shape index (κ1) is 26.6. The molecular weight excluding hydrogens is 436 g/mol. The minimum atomic E-state index is -0.114. The third kappa shape index (κ3) is 3.88. The summed E-state index contributed by atoms with van der Waals surface area (Å²) in [5.41, 5.74) is 2.87. The van der Waals surface area contributed by atoms with Gasteiger partial charge in [0.05, 0.1) is 13.7 Å². The molecule has 1 spiro atoms. The highest BCUT2D eigenvalue weighted by Crippen LogP contribution is 2.87. The Hall–Kier alpha value is -1.42. The summed E-state index contributed by atoms with van der Waals surface area (Å²) < 4.78 is 5.03. The Kier molecular flexibility index (Phi) is 7.21. The fraction of sp³-hybridized carbons (Fsp3) is 0.806. The Bertz CT molecular complexity index is 890. The van der Waals surface area contributed by atoms with Crippen molar-refractivity contribution >= 4 is 12.3 Å². The van der Waals surface area contributed by atoms with Crippen LogP contribution >= 0.6 is 0 Å². The topological polar surface area (TPSA) is 63.6 Å². The van der Waals surface area contributed by atoms with E-state index in [1.165, 1.54) is 45.6 Å². The van der Waals surface area contributed by atoms with E-state index in [-0.39, 0.29) is 23.4 Å². The molecule has 4 fully saturated rings. The fourth-order valence-electron chi connectivity index (χ4n) is 10.2. The summed E-state index contributed by atoms with van der Waals surface area (Å²) in [6, 6.07) is 0. The zero-order valence-electron chi connectivity index (χ0n) is 22.8. The van der Waals surface area contributed by atoms with Crippen LogP contribution in [0.2, 0.25) is 0 Å². The summed E-state index contributed by atoms with van der Waals surface area (Å²) in [5.74, 6) is 2.27. The van der Waals surface area contributed by atoms with Gasteiger partial charge in [0, 0.05) is 6.42 Å². The van der Waals surface area contributed by atoms with Crippen LogP contribution in [0.4, 0.5) is 0 Å². The van der Waals surface area contributed by atoms with Gasteiger partial charge in [0.1, 0.15) is 6.29 Å². The maximum Gasteiger partial charge on any atom is 0.305 e. The first-order valence-corrected chi connectivity index (χ1v) is 14.0. The number of allylic oxidation sites excluding steroid dienone is 2. The summed E-state index contributed by atoms with van der Waals surface area (Å²) in [5, 5.41) is 10.00. The summed E-state index contributed by atoms with van der Waals surface area (Å²) in [4.78, 5) is 23.1. The van der Waals surface area contributed by atoms with E-state index in [9.17, 15) is 14.7 Å². The van der Waals surface area contributed by atoms with Gasteiger partial charge in [-0.05, 0) is 128 Å². The Morgan fingerprint density at radius 3 is 2.57 bits per heavy atom. The molecule has 0 heterocycles. The van der Waals surface area contributed by atoms with Crippen LogP contribution in [0.15, 0.2) is 23.8 Å². The first-order chi connectivity index (χ1) is 16.5. The molecular formula is C31H48O4. The van der Waals surface area contributed by atoms with Gasteiger partial charge in [0.25, 0.3) is 0 Å². The van der Waals surface area contributed by atoms with E-state index in [1.54, 1.807) is 0 Å². The Labute approximate surface area is 213 Å². The van der Waals surface area contributed by atoms with Crippen molar-refractivity contribution in [1.82, 2.24) is 0 Å². The van der Waals surface area contributed by atoms with Crippen molar-refractivity contribution in [2.75, 3.05) is 13.7 Å². The molecule has 4 aliphatic rings. The Morgan fingerprint density at radius 2 is 1.91 bits per heavy atom. The molecule has 0 aromatic rings. The van der Waals surface area contributed by atoms with E-state index < -0.39 is 0 Å². The molecule has 0 aliphatic heterocycles. The molecule has 0 amide bonds. The SMILES string of the molecule is C=C(CO)[C@@H]1CC[C@@H]2[C@]3(CC[C@]4(C)[C@@H]([C@H](C)CC/C=C(/C)C=O)CC[C@@]24C)C[C@]13CCC(=O)OC. The predicted molar refractivity (Wildman–Crippen MR) is 140 cm³/mol. The van der Waals surface area contributed by atoms with E-state index in [1.807, 2.05) is 6.92 Å². The quantitative estimate of drug-likeness (QED) is 0.163. The van der Waals surface area contributed by atoms with Crippen LogP contribution in [0.25, 0.3) is 0 Å². The highest BCUT2D eigenvalue weighted by molar-refractivity contribution is 5.71. The van der Waals surface area contributed by atoms with E-state index in [0.717, 1.165) is 49.0 Å². The monoisotopic (exact) mass is 484 g/mol. The summed E-state index contributed by atoms with van der Waals surface area (Å²) >= 11 is 0. The number of esters is 1. The lowest BCUT2D eigenvalue weighted by atomic mass is 9.43. The average molecular weight is 485 g/mol. The van der Waals surface area contributed by atoms with Gasteiger partial charge >= 0.3 is 5.97 Å². The van der Waals surface area contributed by atoms with Crippen molar-refractivity contribution in [2.24, 2.45) is 45.3 Å². The van der Waals surface area contributed by atoms with Crippen molar-refractivity contribution in [3.05, 3.63) is 23.8 Å². The van der Waals surface area contributed by atoms with Gasteiger partial charge in [0.2, 0.25) is 0 Å². The standard InChI is InChI=1S/C31H48O4/c1-21(18-32)8-7-9-22(2)24-12-14-29(5)26-11-10-25(23(3)19-33)30(15-13-27(34)35-6)20-31(26,30)17-16-28(24,29)4/h8,18,22,24-26,33H,3,7,9-17,19-20H2,1-2,4-6H3/b21-8-/t22-,24-,25+,26+,28-,29+,30-,31+/m1/s1. The third-order valence-electron chi connectivity index (χ3n) is 12.2. The van der Waals surface area contributed by atoms with E-state index >= 15 is 0 Å². The highest BCUT2D eigenvalue weighted by atomic mass is 16.5. The number of hydrogen-bond acceptors (Lipinski definition) is 4. The van der Waals surface area contributed by atoms with Gasteiger partial charge in [0.15, 0.2) is 0 Å². The number of carbonyl (C=O) groups is 2. The number of fused-ring (bicyclic) bond motifs is 2. The number of methoxy groups -OCH3 is 1. The Balaban J connectivity index is 1.58. The van der Waals surface area contributed by atoms with E-state index in [4.69, 9.17) is 4.74 Å². The van der Waals surface area contributed by atoms with Crippen molar-refractivity contribution in [3.8, 4) is 0 Å². The number of aldehydes is 1. The molecule has 1 N–H and O–H groups in total. The molecule has 4 heteroatoms. The Morgan fingerprint density at radius 1 is 1.17 bits per heavy atom. The third-order valence-corrected chi connectivity index (χ3v) is 12.2. The van der Waals surface area contributed by atoms with Crippen LogP contribution in [0.5, 0.6) is 0 Å². The number of carbonyl (C=O) groups excluding carboxylic acids is 2. The number of aliphatic hydroxyl groups is 1. The van der Waals surface area contributed by atoms with Gasteiger partial charge < -0.3 is 9.84 Å². The van der Waals surface area contributed by atoms with Crippen molar-refractivity contribution in [1.29, 1.82) is 0 Å². The maximum absolute atomic E-state index is 12.2. The van der Waals surface area contributed by atoms with Crippen LogP contribution in [-0.2, 0) is 14.3 Å². The second-order valence-corrected chi connectivity index (χ2v) is 13.2. The van der Waals surface area contributed by atoms with Gasteiger partial charge in [-0.1, -0.05) is 33.4 Å². The lowest BCUT2D eigenvalue weighted by Gasteiger charge is -2.61. The zero-order chi connectivity index (χ0) is 25.6. The van der Waals surface area contributed by atoms with Crippen molar-refractivity contribution in [2.45, 2.75) is 98.3 Å². The second-order valence-electron chi connectivity index (χ2n) is 13.2. The smallest absolute Gasteiger partial charge is 0.305 e. The molecule has 4 saturated carbocycles. The van der Waals surface area contributed by atoms with Crippen LogP contribution in [-0.4, -0.2) is 31.1 Å². The molecule has 196 valence electrons. The summed E-state index contributed by atoms with van der Waals surface area (Å²) in [6.45, 7) is 13.9. The zero-order valence-corrected chi connectivity index (χ0v) is 22.8. The van der Waals surface area contributed by atoms with Crippen LogP contribution in [0.3, 0.4) is 0 Å². The lowest BCUT2D eigenvalue weighted by Crippen LogP contribution is -2.54. The second kappa shape index (κ2) is 9.47. The minimum Gasteiger partial charge on any atom is -0.469 e. The molecule has 0 radical (unpaired) electrons. The number of rotatable bonds is 10. The number of aliphatic hydroxyl groups excluding tert-OH is 1. The summed E-state index contributed by atoms with van der Waals surface area (Å²) in [6.07, 6.45) is 15.2. The molecule has 0 unspecified atom stereocenters. The van der Waals surface area contributed by atoms with Gasteiger partial charge in [-0.25, -0.2) is 0 Å². The molecule has 8 atom stereocenters. The molecule has 0 bridgehead atoms. The average Bonchev–Trinajstić information content (AvgIpc) is 3.44. The van der Waals surface area contributed by atoms with Gasteiger partial charge in [-0.3, -0.25) is 9.59 Å². The molecule has 4 aliphatic carbocycles. The molecule has 0 saturated heterocycles. The molecule has 0 aromatic heterocycles. The maximum atomic E-state index is 12.2. The molecule has 35 heavy (non-hydrogen) atoms. The fourth-order valence-corrected chi connectivity index (χ4v) is 10.2. The van der Waals surface area contributed by atoms with E-state index in [0.29, 0.717) is 35.0 Å². The molecule has 4 rings (SSSR count). The molecule has 4 nitrogen and oxygen atoms in total. The normalized spacial score (nSPS) is 42.9. The van der Waals surface area contributed by atoms with Gasteiger partial charge in [-0.2, -0.15) is 0 Å². The van der Waals surface area contributed by atoms with Crippen LogP contribution < -0.4 is 0 Å². The van der Waals surface area contributed by atoms with Crippen molar-refractivity contribution in [3.63, 3.8) is 0 Å². The van der Waals surface area contributed by atoms with Crippen molar-refractivity contribution < 1.29 is 19.4 Å². The number of ether oxygens (including phenoxy) is 1. The first-order valence-electron chi connectivity index (χ1n) is 14.0. The highest BCUT2D eigenvalue weighted by Gasteiger charge is 2.80. The van der Waals surface area contributed by atoms with Gasteiger partial charge in [-0.15, -0.1) is 0 Å².